The third-order valence-corrected chi connectivity index (χ3v) is 7.30. The highest BCUT2D eigenvalue weighted by molar-refractivity contribution is 7.81. The number of rotatable bonds is 5. The Morgan fingerprint density at radius 3 is 2.52 bits per heavy atom. The van der Waals surface area contributed by atoms with Crippen molar-refractivity contribution in [2.75, 3.05) is 17.5 Å². The zero-order valence-corrected chi connectivity index (χ0v) is 20.1. The number of nitrogens with two attached hydrogens (primary N) is 1. The summed E-state index contributed by atoms with van der Waals surface area (Å²) in [6.45, 7) is 4.82. The van der Waals surface area contributed by atoms with E-state index >= 15 is 0 Å². The van der Waals surface area contributed by atoms with Gasteiger partial charge in [-0.05, 0) is 44.4 Å². The number of aliphatic imine (C=N–C) groups is 1. The van der Waals surface area contributed by atoms with Crippen molar-refractivity contribution in [3.8, 4) is 0 Å². The zero-order valence-electron chi connectivity index (χ0n) is 18.5. The van der Waals surface area contributed by atoms with E-state index in [2.05, 4.69) is 0 Å². The van der Waals surface area contributed by atoms with Gasteiger partial charge in [0, 0.05) is 24.8 Å². The van der Waals surface area contributed by atoms with Crippen LogP contribution in [0.15, 0.2) is 47.5 Å². The number of guanidine groups is 1. The Morgan fingerprint density at radius 1 is 1.21 bits per heavy atom. The van der Waals surface area contributed by atoms with Crippen LogP contribution < -0.4 is 10.0 Å². The molecule has 1 unspecified atom stereocenters. The number of carbonyl (C=O) groups is 1. The summed E-state index contributed by atoms with van der Waals surface area (Å²) in [6, 6.07) is 12.4. The van der Waals surface area contributed by atoms with Crippen LogP contribution in [0.25, 0.3) is 0 Å². The third-order valence-electron chi connectivity index (χ3n) is 6.20. The monoisotopic (exact) mass is 490 g/mol. The van der Waals surface area contributed by atoms with Gasteiger partial charge in [0.25, 0.3) is 11.3 Å². The molecule has 0 spiro atoms. The molecule has 2 aliphatic rings. The summed E-state index contributed by atoms with van der Waals surface area (Å²) in [6.07, 6.45) is 1.51. The largest absolute Gasteiger partial charge is 0.381 e. The third kappa shape index (κ3) is 4.50. The number of carbonyl (C=O) groups excluding carboxylic acids is 1. The van der Waals surface area contributed by atoms with Crippen molar-refractivity contribution in [2.24, 2.45) is 10.7 Å². The summed E-state index contributed by atoms with van der Waals surface area (Å²) in [5.74, 6) is 0.0310. The Bertz CT molecular complexity index is 1120. The van der Waals surface area contributed by atoms with Gasteiger partial charge >= 0.3 is 0 Å². The number of nitrogens with zero attached hydrogens (tertiary/aromatic N) is 3. The summed E-state index contributed by atoms with van der Waals surface area (Å²) < 4.78 is 29.1. The summed E-state index contributed by atoms with van der Waals surface area (Å²) in [5.41, 5.74) is 7.56. The Balaban J connectivity index is 1.75. The molecule has 8 nitrogen and oxygen atoms in total. The molecule has 2 atom stereocenters. The van der Waals surface area contributed by atoms with Gasteiger partial charge in [-0.2, -0.15) is 0 Å². The van der Waals surface area contributed by atoms with Crippen LogP contribution in [0.1, 0.15) is 37.3 Å². The lowest BCUT2D eigenvalue weighted by atomic mass is 9.86. The molecule has 2 heterocycles. The SMILES string of the molecule is Cc1ccccc1N(c1cccc([C@]2(C)CC(=O)N(C3CCOCC3)C(N)=N2)c1Cl)S(=O)O. The minimum absolute atomic E-state index is 0.0327. The van der Waals surface area contributed by atoms with Crippen LogP contribution in [0.5, 0.6) is 0 Å². The number of para-hydroxylation sites is 1. The van der Waals surface area contributed by atoms with Crippen LogP contribution >= 0.6 is 11.6 Å². The van der Waals surface area contributed by atoms with Crippen LogP contribution in [-0.4, -0.2) is 44.8 Å². The second-order valence-electron chi connectivity index (χ2n) is 8.48. The molecule has 176 valence electrons. The number of ether oxygens (including phenoxy) is 1. The van der Waals surface area contributed by atoms with Crippen molar-refractivity contribution in [3.05, 3.63) is 58.6 Å². The van der Waals surface area contributed by atoms with Gasteiger partial charge < -0.3 is 10.5 Å². The first-order chi connectivity index (χ1) is 15.7. The molecule has 10 heteroatoms. The molecule has 1 saturated heterocycles. The van der Waals surface area contributed by atoms with Gasteiger partial charge in [-0.1, -0.05) is 41.9 Å². The molecule has 2 aromatic carbocycles. The fraction of sp³-hybridized carbons (Fsp3) is 0.391. The van der Waals surface area contributed by atoms with E-state index in [-0.39, 0.29) is 29.4 Å². The van der Waals surface area contributed by atoms with E-state index in [1.54, 1.807) is 42.2 Å². The summed E-state index contributed by atoms with van der Waals surface area (Å²) in [7, 11) is 0. The van der Waals surface area contributed by atoms with E-state index in [1.165, 1.54) is 4.31 Å². The van der Waals surface area contributed by atoms with Crippen molar-refractivity contribution in [3.63, 3.8) is 0 Å². The van der Waals surface area contributed by atoms with Crippen LogP contribution in [0, 0.1) is 6.92 Å². The van der Waals surface area contributed by atoms with E-state index in [0.29, 0.717) is 43.0 Å². The lowest BCUT2D eigenvalue weighted by molar-refractivity contribution is -0.132. The van der Waals surface area contributed by atoms with E-state index in [4.69, 9.17) is 27.1 Å². The summed E-state index contributed by atoms with van der Waals surface area (Å²) in [5, 5.41) is 0.245. The molecule has 0 radical (unpaired) electrons. The smallest absolute Gasteiger partial charge is 0.266 e. The first kappa shape index (κ1) is 23.7. The Morgan fingerprint density at radius 2 is 1.88 bits per heavy atom. The number of aryl methyl sites for hydroxylation is 1. The molecule has 0 saturated carbocycles. The average Bonchev–Trinajstić information content (AvgIpc) is 2.76. The number of hydrogen-bond acceptors (Lipinski definition) is 5. The molecule has 2 aliphatic heterocycles. The molecular weight excluding hydrogens is 464 g/mol. The van der Waals surface area contributed by atoms with Crippen molar-refractivity contribution < 1.29 is 18.3 Å². The molecule has 0 aromatic heterocycles. The molecule has 2 aromatic rings. The molecule has 0 bridgehead atoms. The van der Waals surface area contributed by atoms with Gasteiger partial charge in [-0.3, -0.25) is 14.2 Å². The predicted molar refractivity (Wildman–Crippen MR) is 130 cm³/mol. The number of hydrogen-bond donors (Lipinski definition) is 2. The van der Waals surface area contributed by atoms with Gasteiger partial charge in [0.2, 0.25) is 5.91 Å². The van der Waals surface area contributed by atoms with Crippen molar-refractivity contribution >= 4 is 46.1 Å². The Labute approximate surface area is 200 Å². The van der Waals surface area contributed by atoms with Gasteiger partial charge in [-0.25, -0.2) is 13.5 Å². The van der Waals surface area contributed by atoms with Crippen molar-refractivity contribution in [1.29, 1.82) is 0 Å². The van der Waals surface area contributed by atoms with E-state index in [0.717, 1.165) is 5.56 Å². The topological polar surface area (TPSA) is 108 Å². The van der Waals surface area contributed by atoms with E-state index in [9.17, 15) is 13.6 Å². The molecular formula is C23H27ClN4O4S. The Hall–Kier alpha value is -2.46. The number of anilines is 2. The first-order valence-electron chi connectivity index (χ1n) is 10.7. The number of benzene rings is 2. The van der Waals surface area contributed by atoms with Crippen molar-refractivity contribution in [2.45, 2.75) is 44.7 Å². The minimum Gasteiger partial charge on any atom is -0.381 e. The highest BCUT2D eigenvalue weighted by Gasteiger charge is 2.42. The minimum atomic E-state index is -2.37. The van der Waals surface area contributed by atoms with Crippen LogP contribution in [-0.2, 0) is 26.3 Å². The van der Waals surface area contributed by atoms with Crippen molar-refractivity contribution in [1.82, 2.24) is 4.90 Å². The first-order valence-corrected chi connectivity index (χ1v) is 12.2. The second-order valence-corrected chi connectivity index (χ2v) is 9.68. The van der Waals surface area contributed by atoms with Gasteiger partial charge in [0.05, 0.1) is 28.4 Å². The fourth-order valence-electron chi connectivity index (χ4n) is 4.53. The summed E-state index contributed by atoms with van der Waals surface area (Å²) >= 11 is 4.44. The summed E-state index contributed by atoms with van der Waals surface area (Å²) in [4.78, 5) is 19.5. The maximum atomic E-state index is 13.2. The lowest BCUT2D eigenvalue weighted by Crippen LogP contribution is -2.55. The normalized spacial score (nSPS) is 22.7. The molecule has 0 aliphatic carbocycles. The van der Waals surface area contributed by atoms with Crippen LogP contribution in [0.2, 0.25) is 5.02 Å². The fourth-order valence-corrected chi connectivity index (χ4v) is 5.68. The van der Waals surface area contributed by atoms with Crippen LogP contribution in [0.4, 0.5) is 11.4 Å². The van der Waals surface area contributed by atoms with Gasteiger partial charge in [0.15, 0.2) is 5.96 Å². The van der Waals surface area contributed by atoms with E-state index < -0.39 is 16.8 Å². The molecule has 1 fully saturated rings. The lowest BCUT2D eigenvalue weighted by Gasteiger charge is -2.40. The predicted octanol–water partition coefficient (Wildman–Crippen LogP) is 3.86. The zero-order chi connectivity index (χ0) is 23.8. The number of amides is 1. The average molecular weight is 491 g/mol. The number of halogens is 1. The Kier molecular flexibility index (Phi) is 6.76. The van der Waals surface area contributed by atoms with Crippen LogP contribution in [0.3, 0.4) is 0 Å². The second kappa shape index (κ2) is 9.42. The quantitative estimate of drug-likeness (QED) is 0.618. The van der Waals surface area contributed by atoms with Gasteiger partial charge in [0.1, 0.15) is 0 Å². The highest BCUT2D eigenvalue weighted by atomic mass is 35.5. The maximum Gasteiger partial charge on any atom is 0.266 e. The standard InChI is InChI=1S/C23H27ClN4O4S/c1-15-6-3-4-8-18(15)28(33(30)31)19-9-5-7-17(21(19)24)23(2)14-20(29)27(22(25)26-23)16-10-12-32-13-11-16/h3-9,16H,10-14H2,1-2H3,(H2,25,26)(H,30,31)/t23-/m0/s1. The highest BCUT2D eigenvalue weighted by Crippen LogP contribution is 2.44. The van der Waals surface area contributed by atoms with E-state index in [1.807, 2.05) is 19.1 Å². The molecule has 33 heavy (non-hydrogen) atoms. The van der Waals surface area contributed by atoms with Gasteiger partial charge in [-0.15, -0.1) is 0 Å². The molecule has 4 rings (SSSR count). The maximum absolute atomic E-state index is 13.2. The molecule has 3 N–H and O–H groups in total. The molecule has 1 amide bonds.